The zero-order valence-electron chi connectivity index (χ0n) is 8.49. The van der Waals surface area contributed by atoms with Gasteiger partial charge in [0.25, 0.3) is 5.91 Å². The minimum atomic E-state index is -4.97. The van der Waals surface area contributed by atoms with Gasteiger partial charge in [-0.05, 0) is 27.7 Å². The highest BCUT2D eigenvalue weighted by Gasteiger charge is 2.56. The van der Waals surface area contributed by atoms with E-state index < -0.39 is 23.2 Å². The van der Waals surface area contributed by atoms with Crippen molar-refractivity contribution in [1.29, 1.82) is 0 Å². The zero-order valence-corrected chi connectivity index (χ0v) is 8.49. The fraction of sp³-hybridized carbons (Fsp3) is 0.875. The van der Waals surface area contributed by atoms with Crippen LogP contribution in [-0.2, 0) is 4.79 Å². The van der Waals surface area contributed by atoms with Crippen LogP contribution in [0.1, 0.15) is 27.7 Å². The van der Waals surface area contributed by atoms with Crippen molar-refractivity contribution in [2.24, 2.45) is 0 Å². The maximum absolute atomic E-state index is 12.1. The van der Waals surface area contributed by atoms with Crippen LogP contribution in [0.3, 0.4) is 0 Å². The average Bonchev–Trinajstić information content (AvgIpc) is 1.80. The molecule has 14 heavy (non-hydrogen) atoms. The first-order valence-electron chi connectivity index (χ1n) is 3.99. The van der Waals surface area contributed by atoms with Gasteiger partial charge in [0.2, 0.25) is 5.60 Å². The lowest BCUT2D eigenvalue weighted by Crippen LogP contribution is -2.58. The van der Waals surface area contributed by atoms with Crippen LogP contribution < -0.4 is 5.32 Å². The Hall–Kier alpha value is -0.780. The van der Waals surface area contributed by atoms with E-state index in [4.69, 9.17) is 5.11 Å². The standard InChI is InChI=1S/C8H14F3NO2/c1-6(2,3)12-5(13)7(4,14)8(9,10)11/h14H,1-4H3,(H,12,13)/t7-/m0/s1. The van der Waals surface area contributed by atoms with Crippen LogP contribution in [0.5, 0.6) is 0 Å². The van der Waals surface area contributed by atoms with Gasteiger partial charge in [-0.2, -0.15) is 13.2 Å². The Morgan fingerprint density at radius 1 is 1.14 bits per heavy atom. The molecule has 0 bridgehead atoms. The van der Waals surface area contributed by atoms with E-state index in [1.54, 1.807) is 0 Å². The second-order valence-electron chi connectivity index (χ2n) is 4.27. The first-order valence-corrected chi connectivity index (χ1v) is 3.99. The molecule has 0 radical (unpaired) electrons. The molecule has 84 valence electrons. The molecular formula is C8H14F3NO2. The Balaban J connectivity index is 4.70. The molecule has 2 N–H and O–H groups in total. The van der Waals surface area contributed by atoms with E-state index >= 15 is 0 Å². The van der Waals surface area contributed by atoms with E-state index in [0.717, 1.165) is 0 Å². The largest absolute Gasteiger partial charge is 0.426 e. The number of carbonyl (C=O) groups is 1. The third-order valence-corrected chi connectivity index (χ3v) is 1.48. The lowest BCUT2D eigenvalue weighted by atomic mass is 10.0. The number of hydrogen-bond acceptors (Lipinski definition) is 2. The Morgan fingerprint density at radius 3 is 1.71 bits per heavy atom. The number of aliphatic hydroxyl groups is 1. The molecule has 6 heteroatoms. The summed E-state index contributed by atoms with van der Waals surface area (Å²) >= 11 is 0. The van der Waals surface area contributed by atoms with Crippen molar-refractivity contribution in [3.8, 4) is 0 Å². The molecule has 1 atom stereocenters. The molecule has 0 unspecified atom stereocenters. The molecule has 0 spiro atoms. The summed E-state index contributed by atoms with van der Waals surface area (Å²) in [7, 11) is 0. The fourth-order valence-electron chi connectivity index (χ4n) is 0.591. The first kappa shape index (κ1) is 13.2. The lowest BCUT2D eigenvalue weighted by Gasteiger charge is -2.29. The van der Waals surface area contributed by atoms with Gasteiger partial charge in [-0.1, -0.05) is 0 Å². The Morgan fingerprint density at radius 2 is 1.50 bits per heavy atom. The lowest BCUT2D eigenvalue weighted by molar-refractivity contribution is -0.245. The zero-order chi connectivity index (χ0) is 11.8. The molecule has 0 heterocycles. The maximum Gasteiger partial charge on any atom is 0.426 e. The predicted octanol–water partition coefficient (Wildman–Crippen LogP) is 1.21. The molecule has 3 nitrogen and oxygen atoms in total. The molecule has 0 rings (SSSR count). The monoisotopic (exact) mass is 213 g/mol. The Bertz CT molecular complexity index is 228. The molecule has 0 aliphatic rings. The van der Waals surface area contributed by atoms with Crippen molar-refractivity contribution in [1.82, 2.24) is 5.32 Å². The average molecular weight is 213 g/mol. The predicted molar refractivity (Wildman–Crippen MR) is 44.6 cm³/mol. The number of hydrogen-bond donors (Lipinski definition) is 2. The third kappa shape index (κ3) is 3.17. The highest BCUT2D eigenvalue weighted by Crippen LogP contribution is 2.30. The number of amides is 1. The number of alkyl halides is 3. The second-order valence-corrected chi connectivity index (χ2v) is 4.27. The van der Waals surface area contributed by atoms with Crippen LogP contribution in [0.15, 0.2) is 0 Å². The van der Waals surface area contributed by atoms with Gasteiger partial charge in [-0.3, -0.25) is 4.79 Å². The van der Waals surface area contributed by atoms with Crippen molar-refractivity contribution >= 4 is 5.91 Å². The van der Waals surface area contributed by atoms with Crippen LogP contribution in [-0.4, -0.2) is 28.3 Å². The van der Waals surface area contributed by atoms with Gasteiger partial charge >= 0.3 is 6.18 Å². The second kappa shape index (κ2) is 3.42. The van der Waals surface area contributed by atoms with Crippen LogP contribution >= 0.6 is 0 Å². The van der Waals surface area contributed by atoms with Gasteiger partial charge < -0.3 is 10.4 Å². The number of nitrogens with one attached hydrogen (secondary N) is 1. The molecule has 0 saturated heterocycles. The summed E-state index contributed by atoms with van der Waals surface area (Å²) in [5.41, 5.74) is -4.16. The smallest absolute Gasteiger partial charge is 0.373 e. The SMILES string of the molecule is CC(C)(C)NC(=O)[C@](C)(O)C(F)(F)F. The normalized spacial score (nSPS) is 17.4. The van der Waals surface area contributed by atoms with E-state index in [9.17, 15) is 18.0 Å². The summed E-state index contributed by atoms with van der Waals surface area (Å²) in [6, 6.07) is 0. The van der Waals surface area contributed by atoms with Crippen molar-refractivity contribution in [2.75, 3.05) is 0 Å². The molecule has 0 aliphatic heterocycles. The molecule has 0 aliphatic carbocycles. The van der Waals surface area contributed by atoms with Crippen molar-refractivity contribution < 1.29 is 23.1 Å². The van der Waals surface area contributed by atoms with Gasteiger partial charge in [-0.25, -0.2) is 0 Å². The molecular weight excluding hydrogens is 199 g/mol. The summed E-state index contributed by atoms with van der Waals surface area (Å²) in [5, 5.41) is 11.0. The number of carbonyl (C=O) groups excluding carboxylic acids is 1. The van der Waals surface area contributed by atoms with Crippen molar-refractivity contribution in [2.45, 2.75) is 45.0 Å². The quantitative estimate of drug-likeness (QED) is 0.688. The Kier molecular flexibility index (Phi) is 3.23. The van der Waals surface area contributed by atoms with E-state index in [-0.39, 0.29) is 0 Å². The fourth-order valence-corrected chi connectivity index (χ4v) is 0.591. The van der Waals surface area contributed by atoms with Crippen LogP contribution in [0.4, 0.5) is 13.2 Å². The Labute approximate surface area is 80.3 Å². The van der Waals surface area contributed by atoms with Gasteiger partial charge in [-0.15, -0.1) is 0 Å². The maximum atomic E-state index is 12.1. The van der Waals surface area contributed by atoms with Crippen LogP contribution in [0.2, 0.25) is 0 Å². The van der Waals surface area contributed by atoms with Gasteiger partial charge in [0.15, 0.2) is 0 Å². The summed E-state index contributed by atoms with van der Waals surface area (Å²) in [5.74, 6) is -1.45. The van der Waals surface area contributed by atoms with Crippen LogP contribution in [0.25, 0.3) is 0 Å². The van der Waals surface area contributed by atoms with Crippen LogP contribution in [0, 0.1) is 0 Å². The van der Waals surface area contributed by atoms with E-state index in [2.05, 4.69) is 5.32 Å². The van der Waals surface area contributed by atoms with Crippen molar-refractivity contribution in [3.63, 3.8) is 0 Å². The van der Waals surface area contributed by atoms with E-state index in [1.165, 1.54) is 20.8 Å². The molecule has 0 fully saturated rings. The first-order chi connectivity index (χ1) is 5.88. The highest BCUT2D eigenvalue weighted by atomic mass is 19.4. The minimum Gasteiger partial charge on any atom is -0.373 e. The van der Waals surface area contributed by atoms with Gasteiger partial charge in [0.05, 0.1) is 0 Å². The number of halogens is 3. The van der Waals surface area contributed by atoms with E-state index in [1.807, 2.05) is 0 Å². The molecule has 0 aromatic carbocycles. The van der Waals surface area contributed by atoms with Gasteiger partial charge in [0, 0.05) is 5.54 Å². The molecule has 0 saturated carbocycles. The minimum absolute atomic E-state index is 0.425. The summed E-state index contributed by atoms with van der Waals surface area (Å²) in [6.07, 6.45) is -4.97. The molecule has 1 amide bonds. The topological polar surface area (TPSA) is 49.3 Å². The van der Waals surface area contributed by atoms with Crippen molar-refractivity contribution in [3.05, 3.63) is 0 Å². The summed E-state index contributed by atoms with van der Waals surface area (Å²) in [6.45, 7) is 5.00. The van der Waals surface area contributed by atoms with Gasteiger partial charge in [0.1, 0.15) is 0 Å². The summed E-state index contributed by atoms with van der Waals surface area (Å²) < 4.78 is 36.4. The number of rotatable bonds is 1. The summed E-state index contributed by atoms with van der Waals surface area (Å²) in [4.78, 5) is 11.0. The molecule has 0 aromatic heterocycles. The molecule has 0 aromatic rings. The van der Waals surface area contributed by atoms with E-state index in [0.29, 0.717) is 6.92 Å². The highest BCUT2D eigenvalue weighted by molar-refractivity contribution is 5.85. The third-order valence-electron chi connectivity index (χ3n) is 1.48.